The van der Waals surface area contributed by atoms with E-state index in [1.54, 1.807) is 12.4 Å². The number of carbonyl (C=O) groups excluding carboxylic acids is 1. The van der Waals surface area contributed by atoms with Crippen LogP contribution in [0.5, 0.6) is 0 Å². The van der Waals surface area contributed by atoms with Crippen LogP contribution in [0.3, 0.4) is 0 Å². The number of carbonyl (C=O) groups is 1. The first-order valence-corrected chi connectivity index (χ1v) is 3.06. The average Bonchev–Trinajstić information content (AvgIpc) is 2.04. The molecule has 0 radical (unpaired) electrons. The summed E-state index contributed by atoms with van der Waals surface area (Å²) in [6.45, 7) is 0.434. The third-order valence-electron chi connectivity index (χ3n) is 1.11. The molecule has 0 aliphatic carbocycles. The fourth-order valence-electron chi connectivity index (χ4n) is 0.616. The third kappa shape index (κ3) is 2.21. The van der Waals surface area contributed by atoms with Crippen molar-refractivity contribution in [1.29, 1.82) is 0 Å². The van der Waals surface area contributed by atoms with Crippen LogP contribution in [0.1, 0.15) is 5.56 Å². The summed E-state index contributed by atoms with van der Waals surface area (Å²) in [5.74, 6) is 0.236. The zero-order valence-corrected chi connectivity index (χ0v) is 5.82. The molecule has 5 heteroatoms. The predicted octanol–water partition coefficient (Wildman–Crippen LogP) is -0.695. The molecule has 0 fully saturated rings. The summed E-state index contributed by atoms with van der Waals surface area (Å²) < 4.78 is 0. The van der Waals surface area contributed by atoms with Gasteiger partial charge in [0.2, 0.25) is 12.4 Å². The van der Waals surface area contributed by atoms with Gasteiger partial charge in [0.05, 0.1) is 0 Å². The summed E-state index contributed by atoms with van der Waals surface area (Å²) in [4.78, 5) is 17.4. The number of nitrogen functional groups attached to an aromatic ring is 1. The molecule has 1 aromatic heterocycles. The second kappa shape index (κ2) is 3.50. The molecule has 0 bridgehead atoms. The molecule has 1 amide bonds. The largest absolute Gasteiger partial charge is 0.368 e. The van der Waals surface area contributed by atoms with E-state index in [1.165, 1.54) is 0 Å². The van der Waals surface area contributed by atoms with Crippen molar-refractivity contribution in [2.24, 2.45) is 0 Å². The molecule has 1 heterocycles. The van der Waals surface area contributed by atoms with Crippen LogP contribution in [0, 0.1) is 0 Å². The highest BCUT2D eigenvalue weighted by Gasteiger charge is 1.91. The Labute approximate surface area is 63.7 Å². The Balaban J connectivity index is 2.58. The van der Waals surface area contributed by atoms with E-state index in [4.69, 9.17) is 5.73 Å². The highest BCUT2D eigenvalue weighted by molar-refractivity contribution is 5.46. The number of hydrogen-bond acceptors (Lipinski definition) is 4. The SMILES string of the molecule is Nc1ncc(CNC=O)cn1. The van der Waals surface area contributed by atoms with E-state index in [9.17, 15) is 4.79 Å². The standard InChI is InChI=1S/C6H8N4O/c7-6-9-2-5(3-10-6)1-8-4-11/h2-4H,1H2,(H,8,11)(H2,7,9,10). The molecule has 0 aromatic carbocycles. The summed E-state index contributed by atoms with van der Waals surface area (Å²) in [5, 5.41) is 2.48. The smallest absolute Gasteiger partial charge is 0.219 e. The maximum absolute atomic E-state index is 9.87. The lowest BCUT2D eigenvalue weighted by Gasteiger charge is -1.97. The Morgan fingerprint density at radius 3 is 2.73 bits per heavy atom. The summed E-state index contributed by atoms with van der Waals surface area (Å²) in [6.07, 6.45) is 3.76. The number of hydrogen-bond donors (Lipinski definition) is 2. The van der Waals surface area contributed by atoms with Crippen LogP contribution in [-0.2, 0) is 11.3 Å². The van der Waals surface area contributed by atoms with Crippen molar-refractivity contribution in [1.82, 2.24) is 15.3 Å². The van der Waals surface area contributed by atoms with Gasteiger partial charge in [-0.1, -0.05) is 0 Å². The van der Waals surface area contributed by atoms with Gasteiger partial charge in [-0.15, -0.1) is 0 Å². The van der Waals surface area contributed by atoms with Gasteiger partial charge in [-0.2, -0.15) is 0 Å². The highest BCUT2D eigenvalue weighted by atomic mass is 16.1. The molecule has 0 spiro atoms. The molecule has 3 N–H and O–H groups in total. The van der Waals surface area contributed by atoms with Crippen LogP contribution >= 0.6 is 0 Å². The molecule has 11 heavy (non-hydrogen) atoms. The Bertz CT molecular complexity index is 233. The topological polar surface area (TPSA) is 80.9 Å². The minimum Gasteiger partial charge on any atom is -0.368 e. The lowest BCUT2D eigenvalue weighted by atomic mass is 10.3. The lowest BCUT2D eigenvalue weighted by molar-refractivity contribution is -0.109. The maximum Gasteiger partial charge on any atom is 0.219 e. The molecule has 1 rings (SSSR count). The Morgan fingerprint density at radius 2 is 2.18 bits per heavy atom. The highest BCUT2D eigenvalue weighted by Crippen LogP contribution is 1.94. The maximum atomic E-state index is 9.87. The molecular formula is C6H8N4O. The van der Waals surface area contributed by atoms with Gasteiger partial charge in [-0.05, 0) is 0 Å². The van der Waals surface area contributed by atoms with Crippen LogP contribution in [0.2, 0.25) is 0 Å². The first-order chi connectivity index (χ1) is 5.33. The minimum atomic E-state index is 0.236. The van der Waals surface area contributed by atoms with Crippen molar-refractivity contribution in [3.8, 4) is 0 Å². The normalized spacial score (nSPS) is 9.09. The van der Waals surface area contributed by atoms with Crippen molar-refractivity contribution >= 4 is 12.4 Å². The molecule has 0 aliphatic rings. The molecule has 1 aromatic rings. The molecule has 0 aliphatic heterocycles. The number of nitrogens with one attached hydrogen (secondary N) is 1. The van der Waals surface area contributed by atoms with Gasteiger partial charge in [0.15, 0.2) is 0 Å². The number of anilines is 1. The van der Waals surface area contributed by atoms with Gasteiger partial charge >= 0.3 is 0 Å². The monoisotopic (exact) mass is 152 g/mol. The molecule has 5 nitrogen and oxygen atoms in total. The van der Waals surface area contributed by atoms with Crippen molar-refractivity contribution in [3.05, 3.63) is 18.0 Å². The first-order valence-electron chi connectivity index (χ1n) is 3.06. The molecule has 0 unspecified atom stereocenters. The van der Waals surface area contributed by atoms with Gasteiger partial charge < -0.3 is 11.1 Å². The summed E-state index contributed by atoms with van der Waals surface area (Å²) in [5.41, 5.74) is 6.07. The van der Waals surface area contributed by atoms with Crippen LogP contribution in [-0.4, -0.2) is 16.4 Å². The van der Waals surface area contributed by atoms with Crippen molar-refractivity contribution in [2.75, 3.05) is 5.73 Å². The van der Waals surface area contributed by atoms with Crippen LogP contribution in [0.4, 0.5) is 5.95 Å². The summed E-state index contributed by atoms with van der Waals surface area (Å²) in [6, 6.07) is 0. The third-order valence-corrected chi connectivity index (χ3v) is 1.11. The zero-order valence-electron chi connectivity index (χ0n) is 5.82. The molecule has 0 atom stereocenters. The van der Waals surface area contributed by atoms with Gasteiger partial charge in [0.25, 0.3) is 0 Å². The summed E-state index contributed by atoms with van der Waals surface area (Å²) in [7, 11) is 0. The summed E-state index contributed by atoms with van der Waals surface area (Å²) >= 11 is 0. The van der Waals surface area contributed by atoms with E-state index in [2.05, 4.69) is 15.3 Å². The second-order valence-corrected chi connectivity index (χ2v) is 1.95. The van der Waals surface area contributed by atoms with E-state index in [0.717, 1.165) is 5.56 Å². The van der Waals surface area contributed by atoms with E-state index in [1.807, 2.05) is 0 Å². The molecular weight excluding hydrogens is 144 g/mol. The van der Waals surface area contributed by atoms with Gasteiger partial charge in [0.1, 0.15) is 0 Å². The molecule has 0 saturated carbocycles. The van der Waals surface area contributed by atoms with Crippen LogP contribution < -0.4 is 11.1 Å². The predicted molar refractivity (Wildman–Crippen MR) is 39.3 cm³/mol. The molecule has 58 valence electrons. The van der Waals surface area contributed by atoms with E-state index in [0.29, 0.717) is 13.0 Å². The number of amides is 1. The van der Waals surface area contributed by atoms with Crippen molar-refractivity contribution in [3.63, 3.8) is 0 Å². The minimum absolute atomic E-state index is 0.236. The van der Waals surface area contributed by atoms with Crippen molar-refractivity contribution in [2.45, 2.75) is 6.54 Å². The van der Waals surface area contributed by atoms with E-state index >= 15 is 0 Å². The van der Waals surface area contributed by atoms with E-state index < -0.39 is 0 Å². The Morgan fingerprint density at radius 1 is 1.55 bits per heavy atom. The number of nitrogens with two attached hydrogens (primary N) is 1. The fraction of sp³-hybridized carbons (Fsp3) is 0.167. The first kappa shape index (κ1) is 7.46. The van der Waals surface area contributed by atoms with Gasteiger partial charge in [0, 0.05) is 24.5 Å². The van der Waals surface area contributed by atoms with Gasteiger partial charge in [-0.3, -0.25) is 4.79 Å². The van der Waals surface area contributed by atoms with Gasteiger partial charge in [-0.25, -0.2) is 9.97 Å². The zero-order chi connectivity index (χ0) is 8.10. The second-order valence-electron chi connectivity index (χ2n) is 1.95. The van der Waals surface area contributed by atoms with Crippen molar-refractivity contribution < 1.29 is 4.79 Å². The number of nitrogens with zero attached hydrogens (tertiary/aromatic N) is 2. The number of rotatable bonds is 3. The fourth-order valence-corrected chi connectivity index (χ4v) is 0.616. The lowest BCUT2D eigenvalue weighted by Crippen LogP contribution is -2.10. The Hall–Kier alpha value is -1.65. The number of aromatic nitrogens is 2. The quantitative estimate of drug-likeness (QED) is 0.561. The van der Waals surface area contributed by atoms with Crippen LogP contribution in [0.15, 0.2) is 12.4 Å². The van der Waals surface area contributed by atoms with Crippen LogP contribution in [0.25, 0.3) is 0 Å². The van der Waals surface area contributed by atoms with E-state index in [-0.39, 0.29) is 5.95 Å². The molecule has 0 saturated heterocycles. The average molecular weight is 152 g/mol. The Kier molecular flexibility index (Phi) is 2.37.